The third-order valence-corrected chi connectivity index (χ3v) is 0.658. The van der Waals surface area contributed by atoms with Crippen molar-refractivity contribution >= 4 is 39.4 Å². The monoisotopic (exact) mass is 188 g/mol. The molecule has 0 heterocycles. The van der Waals surface area contributed by atoms with Crippen molar-refractivity contribution < 1.29 is 51.5 Å². The summed E-state index contributed by atoms with van der Waals surface area (Å²) in [6, 6.07) is 0. The number of hydrogen-bond acceptors (Lipinski definition) is 5. The second-order valence-corrected chi connectivity index (χ2v) is 1.97. The molecule has 8 heteroatoms. The van der Waals surface area contributed by atoms with Crippen LogP contribution in [0.25, 0.3) is 0 Å². The van der Waals surface area contributed by atoms with Crippen LogP contribution >= 0.6 is 0 Å². The molecule has 0 saturated carbocycles. The van der Waals surface area contributed by atoms with Crippen LogP contribution in [0.3, 0.4) is 0 Å². The zero-order chi connectivity index (χ0) is 6.78. The van der Waals surface area contributed by atoms with E-state index in [1.807, 2.05) is 0 Å². The van der Waals surface area contributed by atoms with Crippen molar-refractivity contribution in [3.8, 4) is 0 Å². The number of rotatable bonds is 1. The van der Waals surface area contributed by atoms with Crippen molar-refractivity contribution in [1.82, 2.24) is 0 Å². The van der Waals surface area contributed by atoms with Crippen LogP contribution in [0.2, 0.25) is 0 Å². The van der Waals surface area contributed by atoms with Crippen molar-refractivity contribution in [3.63, 3.8) is 0 Å². The van der Waals surface area contributed by atoms with Crippen molar-refractivity contribution in [2.75, 3.05) is 0 Å². The average Bonchev–Trinajstić information content (AvgIpc) is 1.21. The van der Waals surface area contributed by atoms with Gasteiger partial charge in [-0.1, -0.05) is 0 Å². The van der Waals surface area contributed by atoms with Gasteiger partial charge in [0.1, 0.15) is 0 Å². The Morgan fingerprint density at radius 1 is 1.50 bits per heavy atom. The zero-order valence-corrected chi connectivity index (χ0v) is 7.77. The van der Waals surface area contributed by atoms with Gasteiger partial charge in [0.15, 0.2) is 0 Å². The fraction of sp³-hybridized carbons (Fsp3) is 0.500. The molecule has 0 amide bonds. The largest absolute Gasteiger partial charge is 1.00 e. The van der Waals surface area contributed by atoms with Crippen molar-refractivity contribution in [3.05, 3.63) is 0 Å². The molecule has 0 unspecified atom stereocenters. The van der Waals surface area contributed by atoms with E-state index in [1.54, 1.807) is 0 Å². The van der Waals surface area contributed by atoms with E-state index in [1.165, 1.54) is 0 Å². The SMILES string of the molecule is CC(=O)OS(=O)(=O)[O-].[MgH2].[Na+]. The van der Waals surface area contributed by atoms with E-state index in [0.717, 1.165) is 6.92 Å². The van der Waals surface area contributed by atoms with Crippen LogP contribution in [0.4, 0.5) is 0 Å². The molecule has 0 aromatic heterocycles. The van der Waals surface area contributed by atoms with Crippen LogP contribution in [0.15, 0.2) is 0 Å². The zero-order valence-electron chi connectivity index (χ0n) is 4.95. The third kappa shape index (κ3) is 16.1. The number of carbonyl (C=O) groups excluding carboxylic acids is 1. The van der Waals surface area contributed by atoms with Gasteiger partial charge in [-0.25, -0.2) is 8.42 Å². The Labute approximate surface area is 96.9 Å². The Hall–Kier alpha value is 1.15. The number of hydrogen-bond donors (Lipinski definition) is 0. The molecule has 0 fully saturated rings. The molecular formula is C2H5MgNaO5S. The van der Waals surface area contributed by atoms with Crippen LogP contribution in [0, 0.1) is 0 Å². The molecule has 0 radical (unpaired) electrons. The molecule has 0 aromatic rings. The molecule has 10 heavy (non-hydrogen) atoms. The minimum Gasteiger partial charge on any atom is -0.716 e. The van der Waals surface area contributed by atoms with Gasteiger partial charge in [-0.05, 0) is 0 Å². The molecule has 0 rings (SSSR count). The molecule has 0 aliphatic heterocycles. The Bertz CT molecular complexity index is 186. The first-order valence-corrected chi connectivity index (χ1v) is 2.91. The van der Waals surface area contributed by atoms with Gasteiger partial charge < -0.3 is 8.74 Å². The molecule has 0 aliphatic carbocycles. The predicted octanol–water partition coefficient (Wildman–Crippen LogP) is -4.90. The summed E-state index contributed by atoms with van der Waals surface area (Å²) in [5.41, 5.74) is 0. The average molecular weight is 188 g/mol. The number of carbonyl (C=O) groups is 1. The van der Waals surface area contributed by atoms with E-state index in [9.17, 15) is 17.8 Å². The Morgan fingerprint density at radius 2 is 1.80 bits per heavy atom. The first kappa shape index (κ1) is 17.3. The minimum absolute atomic E-state index is 0. The van der Waals surface area contributed by atoms with Crippen molar-refractivity contribution in [1.29, 1.82) is 0 Å². The summed E-state index contributed by atoms with van der Waals surface area (Å²) in [7, 11) is -4.82. The molecule has 5 nitrogen and oxygen atoms in total. The van der Waals surface area contributed by atoms with Gasteiger partial charge in [0.05, 0.1) is 0 Å². The van der Waals surface area contributed by atoms with E-state index in [4.69, 9.17) is 0 Å². The standard InChI is InChI=1S/C2H4O5S.Mg.Na.2H/c1-2(3)7-8(4,5)6;;;;/h1H3,(H,4,5,6);;;;/q;;+1;;/p-1. The topological polar surface area (TPSA) is 83.5 Å². The van der Waals surface area contributed by atoms with Crippen LogP contribution in [0.5, 0.6) is 0 Å². The third-order valence-electron chi connectivity index (χ3n) is 0.219. The Kier molecular flexibility index (Phi) is 11.8. The second-order valence-electron chi connectivity index (χ2n) is 0.983. The first-order valence-electron chi connectivity index (χ1n) is 1.57. The van der Waals surface area contributed by atoms with Gasteiger partial charge in [-0.3, -0.25) is 4.79 Å². The molecular weight excluding hydrogens is 183 g/mol. The first-order chi connectivity index (χ1) is 3.42. The van der Waals surface area contributed by atoms with Gasteiger partial charge in [0.25, 0.3) is 10.4 Å². The van der Waals surface area contributed by atoms with Gasteiger partial charge in [-0.15, -0.1) is 0 Å². The maximum absolute atomic E-state index is 9.66. The molecule has 0 N–H and O–H groups in total. The van der Waals surface area contributed by atoms with E-state index >= 15 is 0 Å². The summed E-state index contributed by atoms with van der Waals surface area (Å²) >= 11 is 0. The van der Waals surface area contributed by atoms with Crippen molar-refractivity contribution in [2.45, 2.75) is 6.92 Å². The van der Waals surface area contributed by atoms with E-state index < -0.39 is 16.4 Å². The fourth-order valence-corrected chi connectivity index (χ4v) is 0.431. The van der Waals surface area contributed by atoms with Gasteiger partial charge in [0.2, 0.25) is 0 Å². The fourth-order valence-electron chi connectivity index (χ4n) is 0.144. The smallest absolute Gasteiger partial charge is 0.716 e. The van der Waals surface area contributed by atoms with E-state index in [-0.39, 0.29) is 52.6 Å². The van der Waals surface area contributed by atoms with Gasteiger partial charge >= 0.3 is 58.6 Å². The molecule has 0 aliphatic rings. The summed E-state index contributed by atoms with van der Waals surface area (Å²) < 4.78 is 31.5. The normalized spacial score (nSPS) is 8.60. The summed E-state index contributed by atoms with van der Waals surface area (Å²) in [4.78, 5) is 9.66. The van der Waals surface area contributed by atoms with Crippen LogP contribution in [-0.4, -0.2) is 42.0 Å². The summed E-state index contributed by atoms with van der Waals surface area (Å²) in [6.07, 6.45) is 0. The van der Waals surface area contributed by atoms with Gasteiger partial charge in [0, 0.05) is 6.92 Å². The Morgan fingerprint density at radius 3 is 1.80 bits per heavy atom. The van der Waals surface area contributed by atoms with Gasteiger partial charge in [-0.2, -0.15) is 0 Å². The maximum Gasteiger partial charge on any atom is 1.00 e. The molecule has 0 aromatic carbocycles. The van der Waals surface area contributed by atoms with Crippen LogP contribution in [0.1, 0.15) is 6.92 Å². The minimum atomic E-state index is -4.82. The molecule has 52 valence electrons. The second kappa shape index (κ2) is 6.83. The van der Waals surface area contributed by atoms with E-state index in [0.29, 0.717) is 0 Å². The quantitative estimate of drug-likeness (QED) is 0.234. The molecule has 0 spiro atoms. The van der Waals surface area contributed by atoms with E-state index in [2.05, 4.69) is 4.18 Å². The molecule has 0 bridgehead atoms. The summed E-state index contributed by atoms with van der Waals surface area (Å²) in [5.74, 6) is -1.13. The summed E-state index contributed by atoms with van der Waals surface area (Å²) in [6.45, 7) is 0.829. The predicted molar refractivity (Wildman–Crippen MR) is 30.0 cm³/mol. The summed E-state index contributed by atoms with van der Waals surface area (Å²) in [5, 5.41) is 0. The molecule has 0 atom stereocenters. The Balaban J connectivity index is -0.000000245. The van der Waals surface area contributed by atoms with Crippen LogP contribution in [-0.2, 0) is 19.4 Å². The van der Waals surface area contributed by atoms with Crippen LogP contribution < -0.4 is 29.6 Å². The maximum atomic E-state index is 9.66. The molecule has 0 saturated heterocycles. The van der Waals surface area contributed by atoms with Crippen molar-refractivity contribution in [2.24, 2.45) is 0 Å².